The van der Waals surface area contributed by atoms with E-state index >= 15 is 0 Å². The number of hydrogen-bond acceptors (Lipinski definition) is 2. The lowest BCUT2D eigenvalue weighted by molar-refractivity contribution is 0.507. The van der Waals surface area contributed by atoms with Gasteiger partial charge in [0.1, 0.15) is 0 Å². The maximum absolute atomic E-state index is 6.32. The Kier molecular flexibility index (Phi) is 2.35. The summed E-state index contributed by atoms with van der Waals surface area (Å²) in [4.78, 5) is 1.29. The fourth-order valence-corrected chi connectivity index (χ4v) is 4.52. The van der Waals surface area contributed by atoms with Crippen LogP contribution in [0.4, 0.5) is 0 Å². The average Bonchev–Trinajstić information content (AvgIpc) is 2.59. The predicted octanol–water partition coefficient (Wildman–Crippen LogP) is 3.76. The highest BCUT2D eigenvalue weighted by atomic mass is 35.5. The van der Waals surface area contributed by atoms with E-state index in [2.05, 4.69) is 13.0 Å². The van der Waals surface area contributed by atoms with Gasteiger partial charge in [-0.2, -0.15) is 0 Å². The lowest BCUT2D eigenvalue weighted by Gasteiger charge is -2.11. The molecule has 2 aliphatic carbocycles. The van der Waals surface area contributed by atoms with Crippen LogP contribution >= 0.6 is 22.9 Å². The molecule has 3 rings (SSSR count). The van der Waals surface area contributed by atoms with Gasteiger partial charge < -0.3 is 5.73 Å². The van der Waals surface area contributed by atoms with Crippen molar-refractivity contribution in [2.24, 2.45) is 23.5 Å². The Morgan fingerprint density at radius 2 is 2.13 bits per heavy atom. The van der Waals surface area contributed by atoms with Gasteiger partial charge in [-0.15, -0.1) is 11.3 Å². The molecule has 15 heavy (non-hydrogen) atoms. The van der Waals surface area contributed by atoms with Crippen molar-refractivity contribution in [3.05, 3.63) is 20.8 Å². The third-order valence-corrected chi connectivity index (χ3v) is 5.75. The molecule has 0 radical (unpaired) electrons. The highest BCUT2D eigenvalue weighted by molar-refractivity contribution is 7.16. The monoisotopic (exact) mass is 241 g/mol. The summed E-state index contributed by atoms with van der Waals surface area (Å²) >= 11 is 7.75. The molecule has 0 aromatic carbocycles. The number of hydrogen-bond donors (Lipinski definition) is 1. The van der Waals surface area contributed by atoms with E-state index in [-0.39, 0.29) is 6.04 Å². The minimum Gasteiger partial charge on any atom is -0.323 e. The van der Waals surface area contributed by atoms with Crippen LogP contribution in [0.1, 0.15) is 35.7 Å². The first-order chi connectivity index (χ1) is 7.18. The van der Waals surface area contributed by atoms with Crippen LogP contribution in [0.3, 0.4) is 0 Å². The van der Waals surface area contributed by atoms with Gasteiger partial charge in [-0.3, -0.25) is 0 Å². The van der Waals surface area contributed by atoms with E-state index in [0.717, 1.165) is 22.1 Å². The summed E-state index contributed by atoms with van der Waals surface area (Å²) in [6.45, 7) is 2.06. The first-order valence-corrected chi connectivity index (χ1v) is 6.89. The van der Waals surface area contributed by atoms with E-state index in [1.54, 1.807) is 11.3 Å². The minimum absolute atomic E-state index is 0.247. The normalized spacial score (nSPS) is 35.3. The summed E-state index contributed by atoms with van der Waals surface area (Å²) in [7, 11) is 0. The Hall–Kier alpha value is -0.0500. The number of halogens is 1. The van der Waals surface area contributed by atoms with Gasteiger partial charge in [0.05, 0.1) is 4.34 Å². The fraction of sp³-hybridized carbons (Fsp3) is 0.667. The van der Waals surface area contributed by atoms with Crippen molar-refractivity contribution in [1.82, 2.24) is 0 Å². The largest absolute Gasteiger partial charge is 0.323 e. The quantitative estimate of drug-likeness (QED) is 0.839. The maximum atomic E-state index is 6.32. The van der Waals surface area contributed by atoms with Gasteiger partial charge in [-0.25, -0.2) is 0 Å². The number of thiophene rings is 1. The molecule has 1 aromatic rings. The molecular weight excluding hydrogens is 226 g/mol. The van der Waals surface area contributed by atoms with Gasteiger partial charge in [-0.05, 0) is 49.1 Å². The maximum Gasteiger partial charge on any atom is 0.0960 e. The molecule has 0 bridgehead atoms. The first-order valence-electron chi connectivity index (χ1n) is 5.70. The summed E-state index contributed by atoms with van der Waals surface area (Å²) < 4.78 is 0.909. The zero-order valence-electron chi connectivity index (χ0n) is 8.87. The van der Waals surface area contributed by atoms with Crippen molar-refractivity contribution < 1.29 is 0 Å². The van der Waals surface area contributed by atoms with Crippen LogP contribution in [-0.2, 0) is 0 Å². The molecule has 2 saturated carbocycles. The first kappa shape index (κ1) is 10.1. The van der Waals surface area contributed by atoms with E-state index in [1.807, 2.05) is 0 Å². The van der Waals surface area contributed by atoms with Crippen LogP contribution < -0.4 is 5.73 Å². The van der Waals surface area contributed by atoms with Crippen LogP contribution in [-0.4, -0.2) is 0 Å². The molecule has 3 atom stereocenters. The SMILES string of the molecule is Cc1cc(C(N)C2C3CCCC32)sc1Cl. The number of aryl methyl sites for hydroxylation is 1. The van der Waals surface area contributed by atoms with Crippen LogP contribution in [0.2, 0.25) is 4.34 Å². The molecule has 2 N–H and O–H groups in total. The zero-order chi connectivity index (χ0) is 10.6. The van der Waals surface area contributed by atoms with Gasteiger partial charge in [0, 0.05) is 10.9 Å². The summed E-state index contributed by atoms with van der Waals surface area (Å²) in [5, 5.41) is 0. The van der Waals surface area contributed by atoms with Crippen LogP contribution in [0, 0.1) is 24.7 Å². The molecule has 82 valence electrons. The molecule has 3 unspecified atom stereocenters. The third-order valence-electron chi connectivity index (χ3n) is 4.09. The van der Waals surface area contributed by atoms with Gasteiger partial charge in [0.15, 0.2) is 0 Å². The van der Waals surface area contributed by atoms with Gasteiger partial charge in [0.25, 0.3) is 0 Å². The number of fused-ring (bicyclic) bond motifs is 1. The number of rotatable bonds is 2. The molecule has 1 nitrogen and oxygen atoms in total. The molecule has 2 fully saturated rings. The van der Waals surface area contributed by atoms with Crippen LogP contribution in [0.15, 0.2) is 6.07 Å². The van der Waals surface area contributed by atoms with Crippen LogP contribution in [0.25, 0.3) is 0 Å². The zero-order valence-corrected chi connectivity index (χ0v) is 10.4. The highest BCUT2D eigenvalue weighted by Crippen LogP contribution is 2.62. The Balaban J connectivity index is 1.77. The molecule has 3 heteroatoms. The Morgan fingerprint density at radius 1 is 1.47 bits per heavy atom. The molecule has 2 aliphatic rings. The van der Waals surface area contributed by atoms with Gasteiger partial charge >= 0.3 is 0 Å². The van der Waals surface area contributed by atoms with E-state index in [0.29, 0.717) is 0 Å². The lowest BCUT2D eigenvalue weighted by atomic mass is 10.0. The molecule has 0 spiro atoms. The minimum atomic E-state index is 0.247. The lowest BCUT2D eigenvalue weighted by Crippen LogP contribution is -2.13. The Morgan fingerprint density at radius 3 is 2.67 bits per heavy atom. The molecular formula is C12H16ClNS. The van der Waals surface area contributed by atoms with Crippen molar-refractivity contribution in [2.75, 3.05) is 0 Å². The smallest absolute Gasteiger partial charge is 0.0960 e. The molecule has 1 heterocycles. The second kappa shape index (κ2) is 3.47. The molecule has 0 saturated heterocycles. The van der Waals surface area contributed by atoms with E-state index in [1.165, 1.54) is 29.7 Å². The van der Waals surface area contributed by atoms with Crippen molar-refractivity contribution in [1.29, 1.82) is 0 Å². The summed E-state index contributed by atoms with van der Waals surface area (Å²) in [6.07, 6.45) is 4.23. The van der Waals surface area contributed by atoms with Gasteiger partial charge in [0.2, 0.25) is 0 Å². The second-order valence-electron chi connectivity index (χ2n) is 4.97. The van der Waals surface area contributed by atoms with E-state index < -0.39 is 0 Å². The molecule has 0 aliphatic heterocycles. The second-order valence-corrected chi connectivity index (χ2v) is 6.65. The van der Waals surface area contributed by atoms with Crippen molar-refractivity contribution >= 4 is 22.9 Å². The summed E-state index contributed by atoms with van der Waals surface area (Å²) in [5.74, 6) is 2.62. The topological polar surface area (TPSA) is 26.0 Å². The van der Waals surface area contributed by atoms with Crippen molar-refractivity contribution in [3.63, 3.8) is 0 Å². The van der Waals surface area contributed by atoms with Crippen molar-refractivity contribution in [3.8, 4) is 0 Å². The Bertz CT molecular complexity index is 357. The van der Waals surface area contributed by atoms with Crippen molar-refractivity contribution in [2.45, 2.75) is 32.2 Å². The van der Waals surface area contributed by atoms with Gasteiger partial charge in [-0.1, -0.05) is 18.0 Å². The average molecular weight is 242 g/mol. The highest BCUT2D eigenvalue weighted by Gasteiger charge is 2.55. The van der Waals surface area contributed by atoms with Crippen LogP contribution in [0.5, 0.6) is 0 Å². The Labute approximate surface area is 99.6 Å². The predicted molar refractivity (Wildman–Crippen MR) is 65.3 cm³/mol. The molecule has 1 aromatic heterocycles. The van der Waals surface area contributed by atoms with E-state index in [4.69, 9.17) is 17.3 Å². The standard InChI is InChI=1S/C12H16ClNS/c1-6-5-9(15-12(6)13)11(14)10-7-3-2-4-8(7)10/h5,7-8,10-11H,2-4,14H2,1H3. The summed E-state index contributed by atoms with van der Waals surface area (Å²) in [5.41, 5.74) is 7.50. The fourth-order valence-electron chi connectivity index (χ4n) is 3.25. The third kappa shape index (κ3) is 1.54. The molecule has 0 amide bonds. The van der Waals surface area contributed by atoms with E-state index in [9.17, 15) is 0 Å². The number of nitrogens with two attached hydrogens (primary N) is 1. The summed E-state index contributed by atoms with van der Waals surface area (Å²) in [6, 6.07) is 2.42.